The van der Waals surface area contributed by atoms with Gasteiger partial charge < -0.3 is 10.1 Å². The van der Waals surface area contributed by atoms with Crippen molar-refractivity contribution >= 4 is 11.6 Å². The molecule has 0 saturated carbocycles. The van der Waals surface area contributed by atoms with E-state index in [0.717, 1.165) is 31.7 Å². The van der Waals surface area contributed by atoms with Crippen molar-refractivity contribution in [1.29, 1.82) is 0 Å². The molecule has 1 aliphatic heterocycles. The van der Waals surface area contributed by atoms with Crippen molar-refractivity contribution in [2.75, 3.05) is 13.1 Å². The lowest BCUT2D eigenvalue weighted by molar-refractivity contribution is 0.167. The van der Waals surface area contributed by atoms with Crippen LogP contribution in [-0.4, -0.2) is 24.2 Å². The molecule has 0 aliphatic carbocycles. The van der Waals surface area contributed by atoms with E-state index in [4.69, 9.17) is 16.3 Å². The lowest BCUT2D eigenvalue weighted by Gasteiger charge is -2.24. The van der Waals surface area contributed by atoms with Crippen LogP contribution in [0.15, 0.2) is 18.5 Å². The van der Waals surface area contributed by atoms with Crippen molar-refractivity contribution in [2.45, 2.75) is 18.9 Å². The molecule has 2 rings (SSSR count). The number of pyridine rings is 1. The van der Waals surface area contributed by atoms with Gasteiger partial charge in [-0.05, 0) is 19.4 Å². The Morgan fingerprint density at radius 1 is 1.57 bits per heavy atom. The van der Waals surface area contributed by atoms with Crippen LogP contribution in [-0.2, 0) is 0 Å². The maximum Gasteiger partial charge on any atom is 0.141 e. The molecule has 0 aromatic carbocycles. The number of nitrogens with one attached hydrogen (secondary N) is 1. The number of aromatic nitrogens is 1. The van der Waals surface area contributed by atoms with E-state index in [1.54, 1.807) is 18.5 Å². The molecule has 1 saturated heterocycles. The molecular formula is C10H13ClN2O. The van der Waals surface area contributed by atoms with Crippen molar-refractivity contribution < 1.29 is 4.74 Å². The number of piperidine rings is 1. The zero-order valence-corrected chi connectivity index (χ0v) is 8.63. The minimum atomic E-state index is 0.239. The van der Waals surface area contributed by atoms with Crippen LogP contribution in [0.2, 0.25) is 5.02 Å². The highest BCUT2D eigenvalue weighted by molar-refractivity contribution is 6.31. The standard InChI is InChI=1S/C10H13ClN2O/c11-9-7-13-5-3-10(9)14-8-2-1-4-12-6-8/h3,5,7-8,12H,1-2,4,6H2. The Balaban J connectivity index is 1.99. The molecule has 2 heterocycles. The van der Waals surface area contributed by atoms with Crippen LogP contribution >= 0.6 is 11.6 Å². The fourth-order valence-electron chi connectivity index (χ4n) is 1.56. The van der Waals surface area contributed by atoms with E-state index in [9.17, 15) is 0 Å². The van der Waals surface area contributed by atoms with Crippen LogP contribution in [0.3, 0.4) is 0 Å². The average Bonchev–Trinajstić information content (AvgIpc) is 2.23. The molecule has 3 nitrogen and oxygen atoms in total. The van der Waals surface area contributed by atoms with Gasteiger partial charge in [0.25, 0.3) is 0 Å². The molecule has 1 unspecified atom stereocenters. The van der Waals surface area contributed by atoms with Crippen molar-refractivity contribution in [3.63, 3.8) is 0 Å². The number of nitrogens with zero attached hydrogens (tertiary/aromatic N) is 1. The van der Waals surface area contributed by atoms with Gasteiger partial charge in [-0.15, -0.1) is 0 Å². The van der Waals surface area contributed by atoms with Gasteiger partial charge in [0.1, 0.15) is 16.9 Å². The molecule has 1 N–H and O–H groups in total. The number of hydrogen-bond donors (Lipinski definition) is 1. The second kappa shape index (κ2) is 4.62. The van der Waals surface area contributed by atoms with Gasteiger partial charge in [-0.1, -0.05) is 11.6 Å². The van der Waals surface area contributed by atoms with Gasteiger partial charge in [0.2, 0.25) is 0 Å². The monoisotopic (exact) mass is 212 g/mol. The van der Waals surface area contributed by atoms with Crippen LogP contribution in [0.4, 0.5) is 0 Å². The fourth-order valence-corrected chi connectivity index (χ4v) is 1.72. The van der Waals surface area contributed by atoms with E-state index in [1.165, 1.54) is 0 Å². The third-order valence-corrected chi connectivity index (χ3v) is 2.56. The van der Waals surface area contributed by atoms with Crippen LogP contribution in [0.25, 0.3) is 0 Å². The first-order chi connectivity index (χ1) is 6.86. The second-order valence-electron chi connectivity index (χ2n) is 3.39. The molecule has 0 radical (unpaired) electrons. The zero-order chi connectivity index (χ0) is 9.80. The first kappa shape index (κ1) is 9.74. The van der Waals surface area contributed by atoms with Gasteiger partial charge in [0.15, 0.2) is 0 Å². The Morgan fingerprint density at radius 3 is 3.21 bits per heavy atom. The quantitative estimate of drug-likeness (QED) is 0.813. The normalized spacial score (nSPS) is 21.9. The molecule has 76 valence electrons. The minimum Gasteiger partial charge on any atom is -0.487 e. The van der Waals surface area contributed by atoms with Gasteiger partial charge in [0.05, 0.1) is 0 Å². The SMILES string of the molecule is Clc1cnccc1OC1CCCNC1. The Morgan fingerprint density at radius 2 is 2.50 bits per heavy atom. The third kappa shape index (κ3) is 2.36. The van der Waals surface area contributed by atoms with Crippen molar-refractivity contribution in [3.8, 4) is 5.75 Å². The van der Waals surface area contributed by atoms with Gasteiger partial charge in [-0.25, -0.2) is 0 Å². The third-order valence-electron chi connectivity index (χ3n) is 2.28. The maximum absolute atomic E-state index is 5.94. The zero-order valence-electron chi connectivity index (χ0n) is 7.87. The summed E-state index contributed by atoms with van der Waals surface area (Å²) in [6.07, 6.45) is 5.78. The highest BCUT2D eigenvalue weighted by Gasteiger charge is 2.15. The number of ether oxygens (including phenoxy) is 1. The van der Waals surface area contributed by atoms with E-state index < -0.39 is 0 Å². The van der Waals surface area contributed by atoms with Gasteiger partial charge in [-0.3, -0.25) is 4.98 Å². The van der Waals surface area contributed by atoms with Gasteiger partial charge >= 0.3 is 0 Å². The van der Waals surface area contributed by atoms with Gasteiger partial charge in [-0.2, -0.15) is 0 Å². The molecule has 1 aromatic rings. The molecule has 0 bridgehead atoms. The molecule has 1 atom stereocenters. The maximum atomic E-state index is 5.94. The summed E-state index contributed by atoms with van der Waals surface area (Å²) >= 11 is 5.94. The molecule has 1 aliphatic rings. The molecule has 14 heavy (non-hydrogen) atoms. The summed E-state index contributed by atoms with van der Waals surface area (Å²) in [6, 6.07) is 1.80. The van der Waals surface area contributed by atoms with E-state index in [0.29, 0.717) is 5.02 Å². The average molecular weight is 213 g/mol. The topological polar surface area (TPSA) is 34.1 Å². The molecular weight excluding hydrogens is 200 g/mol. The Labute approximate surface area is 88.4 Å². The predicted octanol–water partition coefficient (Wildman–Crippen LogP) is 1.87. The van der Waals surface area contributed by atoms with Crippen molar-refractivity contribution in [1.82, 2.24) is 10.3 Å². The summed E-state index contributed by atoms with van der Waals surface area (Å²) in [7, 11) is 0. The van der Waals surface area contributed by atoms with E-state index in [2.05, 4.69) is 10.3 Å². The van der Waals surface area contributed by atoms with Crippen LogP contribution in [0.1, 0.15) is 12.8 Å². The summed E-state index contributed by atoms with van der Waals surface area (Å²) in [5.74, 6) is 0.732. The smallest absolute Gasteiger partial charge is 0.141 e. The van der Waals surface area contributed by atoms with Crippen LogP contribution in [0, 0.1) is 0 Å². The van der Waals surface area contributed by atoms with Crippen LogP contribution < -0.4 is 10.1 Å². The van der Waals surface area contributed by atoms with Crippen molar-refractivity contribution in [2.24, 2.45) is 0 Å². The van der Waals surface area contributed by atoms with E-state index in [-0.39, 0.29) is 6.10 Å². The van der Waals surface area contributed by atoms with Gasteiger partial charge in [0, 0.05) is 25.0 Å². The molecule has 4 heteroatoms. The van der Waals surface area contributed by atoms with E-state index >= 15 is 0 Å². The Bertz CT molecular complexity index is 300. The number of hydrogen-bond acceptors (Lipinski definition) is 3. The first-order valence-electron chi connectivity index (χ1n) is 4.83. The summed E-state index contributed by atoms with van der Waals surface area (Å²) < 4.78 is 5.75. The summed E-state index contributed by atoms with van der Waals surface area (Å²) in [5.41, 5.74) is 0. The molecule has 0 amide bonds. The molecule has 1 aromatic heterocycles. The number of halogens is 1. The fraction of sp³-hybridized carbons (Fsp3) is 0.500. The highest BCUT2D eigenvalue weighted by Crippen LogP contribution is 2.24. The summed E-state index contributed by atoms with van der Waals surface area (Å²) in [6.45, 7) is 1.99. The van der Waals surface area contributed by atoms with E-state index in [1.807, 2.05) is 0 Å². The summed E-state index contributed by atoms with van der Waals surface area (Å²) in [5, 5.41) is 3.87. The first-order valence-corrected chi connectivity index (χ1v) is 5.21. The highest BCUT2D eigenvalue weighted by atomic mass is 35.5. The lowest BCUT2D eigenvalue weighted by Crippen LogP contribution is -2.37. The van der Waals surface area contributed by atoms with Crippen LogP contribution in [0.5, 0.6) is 5.75 Å². The number of rotatable bonds is 2. The second-order valence-corrected chi connectivity index (χ2v) is 3.80. The summed E-state index contributed by atoms with van der Waals surface area (Å²) in [4.78, 5) is 3.91. The predicted molar refractivity (Wildman–Crippen MR) is 55.8 cm³/mol. The van der Waals surface area contributed by atoms with Crippen molar-refractivity contribution in [3.05, 3.63) is 23.5 Å². The Kier molecular flexibility index (Phi) is 3.22. The lowest BCUT2D eigenvalue weighted by atomic mass is 10.1. The largest absolute Gasteiger partial charge is 0.487 e. The molecule has 0 spiro atoms. The molecule has 1 fully saturated rings. The Hall–Kier alpha value is -0.800. The minimum absolute atomic E-state index is 0.239.